The monoisotopic (exact) mass is 868 g/mol. The van der Waals surface area contributed by atoms with E-state index in [2.05, 4.69) is 277 Å². The van der Waals surface area contributed by atoms with Gasteiger partial charge in [0.15, 0.2) is 5.75 Å². The largest absolute Gasteiger partial charge is 0.454 e. The van der Waals surface area contributed by atoms with Crippen LogP contribution in [0.5, 0.6) is 11.5 Å². The lowest BCUT2D eigenvalue weighted by molar-refractivity contribution is 0.488. The van der Waals surface area contributed by atoms with Crippen molar-refractivity contribution in [2.24, 2.45) is 0 Å². The highest BCUT2D eigenvalue weighted by atomic mass is 16.5. The lowest BCUT2D eigenvalue weighted by atomic mass is 9.68. The molecule has 0 saturated carbocycles. The molecule has 68 heavy (non-hydrogen) atoms. The molecule has 3 nitrogen and oxygen atoms in total. The molecule has 0 N–H and O–H groups in total. The molecule has 0 saturated heterocycles. The van der Waals surface area contributed by atoms with E-state index in [9.17, 15) is 0 Å². The Bertz CT molecular complexity index is 3550. The zero-order chi connectivity index (χ0) is 45.0. The minimum atomic E-state index is -0.499. The smallest absolute Gasteiger partial charge is 0.159 e. The Morgan fingerprint density at radius 3 is 1.49 bits per heavy atom. The van der Waals surface area contributed by atoms with Gasteiger partial charge in [-0.15, -0.1) is 0 Å². The zero-order valence-electron chi connectivity index (χ0n) is 37.2. The number of hydrogen-bond donors (Lipinski definition) is 0. The normalized spacial score (nSPS) is 12.6. The molecule has 3 heteroatoms. The van der Waals surface area contributed by atoms with Crippen molar-refractivity contribution in [2.75, 3.05) is 9.80 Å². The molecule has 0 fully saturated rings. The first kappa shape index (κ1) is 39.4. The Hall–Kier alpha value is -8.92. The predicted octanol–water partition coefficient (Wildman–Crippen LogP) is 17.6. The standard InChI is InChI=1S/C65H44N2O/c1-6-19-45(20-7-1)46-33-36-52(37-34-46)67(54-38-40-60-57(43-54)55-30-16-17-32-59(55)65(60,48-22-8-2-9-23-48)49-24-10-3-11-25-49)61-41-35-47-21-18-31-56-58-44-53(39-42-62(58)68-64(61)63(47)56)66(50-26-12-4-13-27-50)51-28-14-5-15-29-51/h1-44H. The van der Waals surface area contributed by atoms with Crippen molar-refractivity contribution in [1.82, 2.24) is 0 Å². The zero-order valence-corrected chi connectivity index (χ0v) is 37.2. The summed E-state index contributed by atoms with van der Waals surface area (Å²) in [5.74, 6) is 1.65. The van der Waals surface area contributed by atoms with E-state index < -0.39 is 5.41 Å². The molecule has 0 atom stereocenters. The van der Waals surface area contributed by atoms with E-state index in [0.717, 1.165) is 73.1 Å². The summed E-state index contributed by atoms with van der Waals surface area (Å²) in [6.07, 6.45) is 0. The van der Waals surface area contributed by atoms with Gasteiger partial charge in [-0.3, -0.25) is 0 Å². The SMILES string of the molecule is c1ccc(-c2ccc(N(c3ccc4c(c3)-c3ccccc3C4(c3ccccc3)c3ccccc3)c3ccc4cccc5c4c3Oc3ccc(N(c4ccccc4)c4ccccc4)cc3-5)cc2)cc1. The van der Waals surface area contributed by atoms with Crippen LogP contribution < -0.4 is 14.5 Å². The van der Waals surface area contributed by atoms with E-state index in [0.29, 0.717) is 0 Å². The van der Waals surface area contributed by atoms with Gasteiger partial charge in [-0.25, -0.2) is 0 Å². The fourth-order valence-corrected chi connectivity index (χ4v) is 10.9. The molecule has 320 valence electrons. The number of anilines is 6. The van der Waals surface area contributed by atoms with E-state index >= 15 is 0 Å². The summed E-state index contributed by atoms with van der Waals surface area (Å²) in [6.45, 7) is 0. The topological polar surface area (TPSA) is 15.7 Å². The van der Waals surface area contributed by atoms with E-state index in [1.54, 1.807) is 0 Å². The molecule has 2 aliphatic rings. The third-order valence-electron chi connectivity index (χ3n) is 13.9. The second kappa shape index (κ2) is 16.2. The van der Waals surface area contributed by atoms with Gasteiger partial charge in [0.25, 0.3) is 0 Å². The quantitative estimate of drug-likeness (QED) is 0.144. The molecule has 0 aromatic heterocycles. The second-order valence-corrected chi connectivity index (χ2v) is 17.6. The first-order valence-corrected chi connectivity index (χ1v) is 23.3. The Balaban J connectivity index is 1.01. The third kappa shape index (κ3) is 6.28. The van der Waals surface area contributed by atoms with Crippen LogP contribution in [-0.4, -0.2) is 0 Å². The van der Waals surface area contributed by atoms with Gasteiger partial charge >= 0.3 is 0 Å². The number of hydrogen-bond acceptors (Lipinski definition) is 3. The Morgan fingerprint density at radius 2 is 0.809 bits per heavy atom. The van der Waals surface area contributed by atoms with Gasteiger partial charge in [-0.05, 0) is 128 Å². The summed E-state index contributed by atoms with van der Waals surface area (Å²) in [6, 6.07) is 96.4. The molecule has 0 bridgehead atoms. The van der Waals surface area contributed by atoms with Crippen molar-refractivity contribution in [3.63, 3.8) is 0 Å². The lowest BCUT2D eigenvalue weighted by Gasteiger charge is -2.34. The molecular weight excluding hydrogens is 825 g/mol. The minimum absolute atomic E-state index is 0.499. The van der Waals surface area contributed by atoms with E-state index in [1.165, 1.54) is 38.9 Å². The fourth-order valence-electron chi connectivity index (χ4n) is 10.9. The maximum atomic E-state index is 7.28. The molecule has 11 aromatic carbocycles. The maximum Gasteiger partial charge on any atom is 0.159 e. The van der Waals surface area contributed by atoms with E-state index in [-0.39, 0.29) is 0 Å². The second-order valence-electron chi connectivity index (χ2n) is 17.6. The first-order chi connectivity index (χ1) is 33.7. The number of nitrogens with zero attached hydrogens (tertiary/aromatic N) is 2. The molecular formula is C65H44N2O. The Labute approximate surface area is 397 Å². The first-order valence-electron chi connectivity index (χ1n) is 23.3. The summed E-state index contributed by atoms with van der Waals surface area (Å²) in [7, 11) is 0. The van der Waals surface area contributed by atoms with Crippen LogP contribution >= 0.6 is 0 Å². The van der Waals surface area contributed by atoms with Crippen LogP contribution in [0.4, 0.5) is 34.1 Å². The Kier molecular flexibility index (Phi) is 9.40. The summed E-state index contributed by atoms with van der Waals surface area (Å²) in [4.78, 5) is 4.70. The summed E-state index contributed by atoms with van der Waals surface area (Å²) in [5, 5.41) is 2.21. The summed E-state index contributed by atoms with van der Waals surface area (Å²) in [5.41, 5.74) is 17.8. The molecule has 1 heterocycles. The van der Waals surface area contributed by atoms with Crippen molar-refractivity contribution in [2.45, 2.75) is 5.41 Å². The number of fused-ring (bicyclic) bond motifs is 5. The van der Waals surface area contributed by atoms with Crippen LogP contribution in [0.2, 0.25) is 0 Å². The van der Waals surface area contributed by atoms with Gasteiger partial charge in [-0.1, -0.05) is 194 Å². The van der Waals surface area contributed by atoms with Crippen molar-refractivity contribution < 1.29 is 4.74 Å². The van der Waals surface area contributed by atoms with Gasteiger partial charge in [0.1, 0.15) is 5.75 Å². The molecule has 0 spiro atoms. The molecule has 0 unspecified atom stereocenters. The number of para-hydroxylation sites is 2. The van der Waals surface area contributed by atoms with Crippen LogP contribution in [0.25, 0.3) is 44.2 Å². The highest BCUT2D eigenvalue weighted by molar-refractivity contribution is 6.09. The summed E-state index contributed by atoms with van der Waals surface area (Å²) < 4.78 is 7.28. The van der Waals surface area contributed by atoms with Crippen LogP contribution in [0.1, 0.15) is 22.3 Å². The van der Waals surface area contributed by atoms with Gasteiger partial charge < -0.3 is 14.5 Å². The van der Waals surface area contributed by atoms with Gasteiger partial charge in [0.05, 0.1) is 11.1 Å². The molecule has 13 rings (SSSR count). The van der Waals surface area contributed by atoms with Gasteiger partial charge in [0, 0.05) is 39.4 Å². The molecule has 11 aromatic rings. The van der Waals surface area contributed by atoms with Crippen LogP contribution in [0, 0.1) is 0 Å². The molecule has 1 aliphatic carbocycles. The van der Waals surface area contributed by atoms with Crippen molar-refractivity contribution in [3.05, 3.63) is 289 Å². The van der Waals surface area contributed by atoms with E-state index in [1.807, 2.05) is 0 Å². The van der Waals surface area contributed by atoms with Gasteiger partial charge in [0.2, 0.25) is 0 Å². The lowest BCUT2D eigenvalue weighted by Crippen LogP contribution is -2.28. The van der Waals surface area contributed by atoms with Crippen molar-refractivity contribution in [3.8, 4) is 44.9 Å². The molecule has 1 aliphatic heterocycles. The number of rotatable bonds is 9. The number of benzene rings is 11. The van der Waals surface area contributed by atoms with E-state index in [4.69, 9.17) is 4.74 Å². The van der Waals surface area contributed by atoms with Crippen LogP contribution in [-0.2, 0) is 5.41 Å². The van der Waals surface area contributed by atoms with Crippen LogP contribution in [0.15, 0.2) is 267 Å². The molecule has 0 amide bonds. The summed E-state index contributed by atoms with van der Waals surface area (Å²) >= 11 is 0. The number of ether oxygens (including phenoxy) is 1. The van der Waals surface area contributed by atoms with Crippen molar-refractivity contribution in [1.29, 1.82) is 0 Å². The Morgan fingerprint density at radius 1 is 0.309 bits per heavy atom. The van der Waals surface area contributed by atoms with Gasteiger partial charge in [-0.2, -0.15) is 0 Å². The maximum absolute atomic E-state index is 7.28. The molecule has 0 radical (unpaired) electrons. The minimum Gasteiger partial charge on any atom is -0.454 e. The van der Waals surface area contributed by atoms with Crippen molar-refractivity contribution >= 4 is 44.9 Å². The highest BCUT2D eigenvalue weighted by Gasteiger charge is 2.46. The van der Waals surface area contributed by atoms with Crippen LogP contribution in [0.3, 0.4) is 0 Å². The fraction of sp³-hybridized carbons (Fsp3) is 0.0154. The third-order valence-corrected chi connectivity index (χ3v) is 13.9. The average molecular weight is 869 g/mol. The highest BCUT2D eigenvalue weighted by Crippen LogP contribution is 2.59. The average Bonchev–Trinajstić information content (AvgIpc) is 3.71. The predicted molar refractivity (Wildman–Crippen MR) is 282 cm³/mol.